The number of carbonyl (C=O) groups excluding carboxylic acids is 2. The Morgan fingerprint density at radius 3 is 2.91 bits per heavy atom. The van der Waals surface area contributed by atoms with Gasteiger partial charge in [-0.05, 0) is 6.54 Å². The highest BCUT2D eigenvalue weighted by Crippen LogP contribution is 2.28. The molecule has 0 aromatic carbocycles. The molecule has 0 aliphatic carbocycles. The van der Waals surface area contributed by atoms with Crippen LogP contribution in [-0.2, 0) is 22.6 Å². The van der Waals surface area contributed by atoms with Crippen LogP contribution in [0.2, 0.25) is 0 Å². The van der Waals surface area contributed by atoms with Crippen LogP contribution in [-0.4, -0.2) is 52.6 Å². The first-order chi connectivity index (χ1) is 10.6. The average molecular weight is 321 g/mol. The van der Waals surface area contributed by atoms with Gasteiger partial charge < -0.3 is 0 Å². The summed E-state index contributed by atoms with van der Waals surface area (Å²) in [7, 11) is 1.57. The predicted molar refractivity (Wildman–Crippen MR) is 84.8 cm³/mol. The quantitative estimate of drug-likeness (QED) is 0.903. The Kier molecular flexibility index (Phi) is 4.21. The van der Waals surface area contributed by atoms with E-state index in [9.17, 15) is 9.59 Å². The smallest absolute Gasteiger partial charge is 0.273 e. The van der Waals surface area contributed by atoms with Gasteiger partial charge in [-0.1, -0.05) is 6.92 Å². The number of hydrazone groups is 1. The summed E-state index contributed by atoms with van der Waals surface area (Å²) in [5.74, 6) is -0.335. The number of carbonyl (C=O) groups is 2. The van der Waals surface area contributed by atoms with Crippen LogP contribution < -0.4 is 5.32 Å². The number of aromatic nitrogens is 1. The molecule has 8 heteroatoms. The molecule has 0 saturated heterocycles. The minimum Gasteiger partial charge on any atom is -0.298 e. The van der Waals surface area contributed by atoms with Gasteiger partial charge in [-0.25, -0.2) is 9.99 Å². The van der Waals surface area contributed by atoms with Crippen LogP contribution in [0, 0.1) is 0 Å². The second-order valence-electron chi connectivity index (χ2n) is 5.43. The SMILES string of the molecule is CCN1CCc2nc(NC(=O)C3=NN(C)C(=O)CC3)sc2C1. The molecule has 2 aliphatic heterocycles. The molecule has 1 aromatic heterocycles. The fourth-order valence-corrected chi connectivity index (χ4v) is 3.62. The molecule has 22 heavy (non-hydrogen) atoms. The summed E-state index contributed by atoms with van der Waals surface area (Å²) >= 11 is 1.53. The molecular formula is C14H19N5O2S. The van der Waals surface area contributed by atoms with E-state index in [0.29, 0.717) is 23.7 Å². The van der Waals surface area contributed by atoms with E-state index in [1.165, 1.54) is 21.2 Å². The van der Waals surface area contributed by atoms with Crippen molar-refractivity contribution in [1.82, 2.24) is 14.9 Å². The Morgan fingerprint density at radius 2 is 2.18 bits per heavy atom. The van der Waals surface area contributed by atoms with Crippen molar-refractivity contribution in [3.05, 3.63) is 10.6 Å². The van der Waals surface area contributed by atoms with Gasteiger partial charge in [0, 0.05) is 44.3 Å². The first kappa shape index (κ1) is 15.1. The molecule has 2 amide bonds. The third-order valence-electron chi connectivity index (χ3n) is 3.95. The van der Waals surface area contributed by atoms with Crippen molar-refractivity contribution < 1.29 is 9.59 Å². The van der Waals surface area contributed by atoms with Crippen molar-refractivity contribution in [1.29, 1.82) is 0 Å². The molecule has 1 aromatic rings. The first-order valence-electron chi connectivity index (χ1n) is 7.43. The summed E-state index contributed by atoms with van der Waals surface area (Å²) in [6.45, 7) is 5.09. The monoisotopic (exact) mass is 321 g/mol. The van der Waals surface area contributed by atoms with Crippen molar-refractivity contribution in [2.45, 2.75) is 32.7 Å². The van der Waals surface area contributed by atoms with E-state index in [2.05, 4.69) is 27.2 Å². The molecule has 0 unspecified atom stereocenters. The summed E-state index contributed by atoms with van der Waals surface area (Å²) in [5.41, 5.74) is 1.47. The van der Waals surface area contributed by atoms with E-state index in [1.807, 2.05) is 0 Å². The second-order valence-corrected chi connectivity index (χ2v) is 6.51. The van der Waals surface area contributed by atoms with Crippen LogP contribution in [0.15, 0.2) is 5.10 Å². The number of anilines is 1. The highest BCUT2D eigenvalue weighted by atomic mass is 32.1. The van der Waals surface area contributed by atoms with E-state index >= 15 is 0 Å². The van der Waals surface area contributed by atoms with Crippen LogP contribution >= 0.6 is 11.3 Å². The maximum atomic E-state index is 12.2. The lowest BCUT2D eigenvalue weighted by Crippen LogP contribution is -2.34. The number of fused-ring (bicyclic) bond motifs is 1. The minimum absolute atomic E-state index is 0.0686. The number of hydrogen-bond donors (Lipinski definition) is 1. The normalized spacial score (nSPS) is 18.9. The van der Waals surface area contributed by atoms with Gasteiger partial charge in [0.1, 0.15) is 5.71 Å². The zero-order chi connectivity index (χ0) is 15.7. The standard InChI is InChI=1S/C14H19N5O2S/c1-3-19-7-6-9-11(8-19)22-14(15-9)16-13(21)10-4-5-12(20)18(2)17-10/h3-8H2,1-2H3,(H,15,16,21). The van der Waals surface area contributed by atoms with E-state index < -0.39 is 0 Å². The van der Waals surface area contributed by atoms with Crippen molar-refractivity contribution in [3.63, 3.8) is 0 Å². The second kappa shape index (κ2) is 6.13. The average Bonchev–Trinajstić information content (AvgIpc) is 2.90. The zero-order valence-corrected chi connectivity index (χ0v) is 13.6. The lowest BCUT2D eigenvalue weighted by atomic mass is 10.1. The fraction of sp³-hybridized carbons (Fsp3) is 0.571. The first-order valence-corrected chi connectivity index (χ1v) is 8.24. The van der Waals surface area contributed by atoms with Gasteiger partial charge >= 0.3 is 0 Å². The third-order valence-corrected chi connectivity index (χ3v) is 4.95. The van der Waals surface area contributed by atoms with Crippen molar-refractivity contribution >= 4 is 34.0 Å². The molecule has 0 radical (unpaired) electrons. The summed E-state index contributed by atoms with van der Waals surface area (Å²) in [6, 6.07) is 0. The van der Waals surface area contributed by atoms with Crippen LogP contribution in [0.3, 0.4) is 0 Å². The molecule has 2 aliphatic rings. The third kappa shape index (κ3) is 3.02. The largest absolute Gasteiger partial charge is 0.298 e. The van der Waals surface area contributed by atoms with E-state index in [0.717, 1.165) is 31.7 Å². The van der Waals surface area contributed by atoms with Gasteiger partial charge in [0.25, 0.3) is 5.91 Å². The highest BCUT2D eigenvalue weighted by molar-refractivity contribution is 7.16. The Balaban J connectivity index is 1.69. The number of rotatable bonds is 3. The van der Waals surface area contributed by atoms with E-state index in [-0.39, 0.29) is 11.8 Å². The fourth-order valence-electron chi connectivity index (χ4n) is 2.57. The summed E-state index contributed by atoms with van der Waals surface area (Å²) < 4.78 is 0. The molecule has 118 valence electrons. The lowest BCUT2D eigenvalue weighted by molar-refractivity contribution is -0.130. The predicted octanol–water partition coefficient (Wildman–Crippen LogP) is 1.07. The van der Waals surface area contributed by atoms with Crippen LogP contribution in [0.5, 0.6) is 0 Å². The number of thiazole rings is 1. The number of amides is 2. The van der Waals surface area contributed by atoms with Crippen LogP contribution in [0.25, 0.3) is 0 Å². The van der Waals surface area contributed by atoms with Crippen LogP contribution in [0.4, 0.5) is 5.13 Å². The molecule has 0 saturated carbocycles. The molecule has 3 rings (SSSR count). The lowest BCUT2D eigenvalue weighted by Gasteiger charge is -2.23. The number of nitrogens with zero attached hydrogens (tertiary/aromatic N) is 4. The summed E-state index contributed by atoms with van der Waals surface area (Å²) in [6.07, 6.45) is 1.63. The zero-order valence-electron chi connectivity index (χ0n) is 12.8. The summed E-state index contributed by atoms with van der Waals surface area (Å²) in [5, 5.41) is 8.69. The van der Waals surface area contributed by atoms with Crippen molar-refractivity contribution in [2.75, 3.05) is 25.5 Å². The maximum Gasteiger partial charge on any atom is 0.273 e. The Hall–Kier alpha value is -1.80. The van der Waals surface area contributed by atoms with E-state index in [1.54, 1.807) is 7.05 Å². The molecule has 0 bridgehead atoms. The number of hydrogen-bond acceptors (Lipinski definition) is 6. The summed E-state index contributed by atoms with van der Waals surface area (Å²) in [4.78, 5) is 31.7. The number of likely N-dealkylation sites (N-methyl/N-ethyl adjacent to an activating group) is 1. The molecule has 0 spiro atoms. The Bertz CT molecular complexity index is 639. The maximum absolute atomic E-state index is 12.2. The Labute approximate surface area is 133 Å². The highest BCUT2D eigenvalue weighted by Gasteiger charge is 2.24. The van der Waals surface area contributed by atoms with Gasteiger partial charge in [0.2, 0.25) is 5.91 Å². The minimum atomic E-state index is -0.266. The molecule has 1 N–H and O–H groups in total. The van der Waals surface area contributed by atoms with Gasteiger partial charge in [0.15, 0.2) is 5.13 Å². The van der Waals surface area contributed by atoms with Gasteiger partial charge in [-0.15, -0.1) is 11.3 Å². The van der Waals surface area contributed by atoms with Gasteiger partial charge in [-0.2, -0.15) is 5.10 Å². The molecule has 7 nitrogen and oxygen atoms in total. The molecule has 0 fully saturated rings. The van der Waals surface area contributed by atoms with Crippen molar-refractivity contribution in [2.24, 2.45) is 5.10 Å². The Morgan fingerprint density at radius 1 is 1.36 bits per heavy atom. The van der Waals surface area contributed by atoms with Crippen LogP contribution in [0.1, 0.15) is 30.3 Å². The van der Waals surface area contributed by atoms with Crippen molar-refractivity contribution in [3.8, 4) is 0 Å². The molecule has 0 atom stereocenters. The van der Waals surface area contributed by atoms with E-state index in [4.69, 9.17) is 0 Å². The topological polar surface area (TPSA) is 77.9 Å². The molecular weight excluding hydrogens is 302 g/mol. The molecule has 3 heterocycles. The van der Waals surface area contributed by atoms with Gasteiger partial charge in [-0.3, -0.25) is 19.8 Å². The van der Waals surface area contributed by atoms with Gasteiger partial charge in [0.05, 0.1) is 5.69 Å². The number of nitrogens with one attached hydrogen (secondary N) is 1.